The molecule has 1 heterocycles. The van der Waals surface area contributed by atoms with Crippen LogP contribution in [0.15, 0.2) is 82.0 Å². The van der Waals surface area contributed by atoms with Gasteiger partial charge in [0.25, 0.3) is 8.32 Å². The quantitative estimate of drug-likeness (QED) is 0.0562. The second kappa shape index (κ2) is 13.7. The van der Waals surface area contributed by atoms with Crippen LogP contribution < -0.4 is 19.5 Å². The van der Waals surface area contributed by atoms with Crippen LogP contribution in [-0.2, 0) is 18.0 Å². The number of carbonyl (C=O) groups excluding carboxylic acids is 1. The number of fused-ring (bicyclic) bond motifs is 1. The molecule has 0 aliphatic rings. The molecule has 0 spiro atoms. The average Bonchev–Trinajstić information content (AvgIpc) is 2.97. The van der Waals surface area contributed by atoms with Gasteiger partial charge in [0, 0.05) is 34.2 Å². The van der Waals surface area contributed by atoms with E-state index in [9.17, 15) is 9.59 Å². The smallest absolute Gasteiger partial charge is 0.514 e. The molecule has 0 saturated carbocycles. The molecule has 0 bridgehead atoms. The van der Waals surface area contributed by atoms with Crippen LogP contribution in [0.4, 0.5) is 4.79 Å². The lowest BCUT2D eigenvalue weighted by Crippen LogP contribution is -2.50. The van der Waals surface area contributed by atoms with E-state index in [-0.39, 0.29) is 19.0 Å². The Morgan fingerprint density at radius 1 is 0.837 bits per heavy atom. The Morgan fingerprint density at radius 2 is 1.53 bits per heavy atom. The van der Waals surface area contributed by atoms with Crippen molar-refractivity contribution in [3.05, 3.63) is 99.9 Å². The highest BCUT2D eigenvalue weighted by atomic mass is 28.4. The molecule has 0 amide bonds. The third-order valence-electron chi connectivity index (χ3n) is 7.72. The van der Waals surface area contributed by atoms with Crippen molar-refractivity contribution in [3.63, 3.8) is 0 Å². The van der Waals surface area contributed by atoms with E-state index in [0.29, 0.717) is 38.9 Å². The van der Waals surface area contributed by atoms with Crippen LogP contribution in [-0.4, -0.2) is 14.5 Å². The summed E-state index contributed by atoms with van der Waals surface area (Å²) in [5, 5.41) is 0.707. The van der Waals surface area contributed by atoms with Crippen LogP contribution in [0.25, 0.3) is 11.0 Å². The van der Waals surface area contributed by atoms with Crippen LogP contribution >= 0.6 is 0 Å². The fourth-order valence-corrected chi connectivity index (χ4v) is 11.0. The van der Waals surface area contributed by atoms with Crippen LogP contribution in [0.1, 0.15) is 58.2 Å². The van der Waals surface area contributed by atoms with Crippen LogP contribution in [0, 0.1) is 12.3 Å². The number of hydrogen-bond donors (Lipinski definition) is 0. The van der Waals surface area contributed by atoms with Gasteiger partial charge in [-0.2, -0.15) is 0 Å². The van der Waals surface area contributed by atoms with E-state index in [4.69, 9.17) is 29.5 Å². The number of carbonyl (C=O) groups is 1. The zero-order chi connectivity index (χ0) is 31.1. The SMILES string of the molecule is C#Cc1ccc(O[Si](C(C)C)(C(C)C)C(C)C)c(COc2ccccc2COC(=O)Oc2ccc3ccc(=O)oc3c2)c1. The molecule has 0 aliphatic heterocycles. The molecule has 0 radical (unpaired) electrons. The maximum Gasteiger partial charge on any atom is 0.514 e. The second-order valence-corrected chi connectivity index (χ2v) is 16.8. The molecule has 0 unspecified atom stereocenters. The molecular weight excluding hydrogens is 560 g/mol. The van der Waals surface area contributed by atoms with Gasteiger partial charge in [-0.25, -0.2) is 9.59 Å². The van der Waals surface area contributed by atoms with Crippen molar-refractivity contribution in [2.45, 2.75) is 71.4 Å². The number of hydrogen-bond acceptors (Lipinski definition) is 7. The van der Waals surface area contributed by atoms with E-state index in [1.165, 1.54) is 12.1 Å². The van der Waals surface area contributed by atoms with E-state index in [1.807, 2.05) is 42.5 Å². The first kappa shape index (κ1) is 31.5. The van der Waals surface area contributed by atoms with E-state index in [0.717, 1.165) is 16.9 Å². The van der Waals surface area contributed by atoms with Crippen molar-refractivity contribution in [1.29, 1.82) is 0 Å². The Morgan fingerprint density at radius 3 is 2.23 bits per heavy atom. The van der Waals surface area contributed by atoms with Crippen LogP contribution in [0.5, 0.6) is 17.2 Å². The first-order valence-electron chi connectivity index (χ1n) is 14.4. The number of rotatable bonds is 11. The highest BCUT2D eigenvalue weighted by Crippen LogP contribution is 2.43. The molecule has 7 nitrogen and oxygen atoms in total. The number of ether oxygens (including phenoxy) is 3. The minimum Gasteiger partial charge on any atom is -0.542 e. The molecule has 4 rings (SSSR count). The Kier molecular flexibility index (Phi) is 9.99. The molecule has 0 fully saturated rings. The molecule has 1 aromatic heterocycles. The highest BCUT2D eigenvalue weighted by Gasteiger charge is 2.47. The van der Waals surface area contributed by atoms with Gasteiger partial charge in [0.1, 0.15) is 36.0 Å². The summed E-state index contributed by atoms with van der Waals surface area (Å²) < 4.78 is 29.1. The van der Waals surface area contributed by atoms with Gasteiger partial charge in [0.15, 0.2) is 0 Å². The maximum absolute atomic E-state index is 12.5. The van der Waals surface area contributed by atoms with Crippen molar-refractivity contribution in [2.24, 2.45) is 0 Å². The molecule has 0 aliphatic carbocycles. The molecule has 224 valence electrons. The standard InChI is InChI=1S/C35H38O7Si/c1-8-26-13-17-32(42-43(23(2)3,24(4)5)25(6)7)29(19-26)22-38-31-12-10-9-11-28(31)21-39-35(37)40-30-16-14-27-15-18-34(36)41-33(27)20-30/h1,9-20,23-25H,21-22H2,2-7H3. The first-order valence-corrected chi connectivity index (χ1v) is 16.5. The molecule has 8 heteroatoms. The molecule has 3 aromatic carbocycles. The van der Waals surface area contributed by atoms with Gasteiger partial charge in [-0.3, -0.25) is 0 Å². The molecule has 0 saturated heterocycles. The van der Waals surface area contributed by atoms with Crippen molar-refractivity contribution in [2.75, 3.05) is 0 Å². The zero-order valence-corrected chi connectivity index (χ0v) is 26.5. The number of benzene rings is 3. The van der Waals surface area contributed by atoms with E-state index >= 15 is 0 Å². The van der Waals surface area contributed by atoms with Gasteiger partial charge >= 0.3 is 11.8 Å². The van der Waals surface area contributed by atoms with Crippen LogP contribution in [0.3, 0.4) is 0 Å². The summed E-state index contributed by atoms with van der Waals surface area (Å²) in [6.45, 7) is 13.6. The lowest BCUT2D eigenvalue weighted by molar-refractivity contribution is 0.0917. The van der Waals surface area contributed by atoms with Crippen molar-refractivity contribution in [1.82, 2.24) is 0 Å². The van der Waals surface area contributed by atoms with Crippen molar-refractivity contribution < 1.29 is 27.8 Å². The van der Waals surface area contributed by atoms with Crippen LogP contribution in [0.2, 0.25) is 16.6 Å². The summed E-state index contributed by atoms with van der Waals surface area (Å²) in [6, 6.07) is 20.8. The Balaban J connectivity index is 1.48. The number of terminal acetylenes is 1. The van der Waals surface area contributed by atoms with E-state index in [1.54, 1.807) is 18.2 Å². The minimum absolute atomic E-state index is 0.0739. The second-order valence-electron chi connectivity index (χ2n) is 11.4. The lowest BCUT2D eigenvalue weighted by Gasteiger charge is -2.42. The predicted octanol–water partition coefficient (Wildman–Crippen LogP) is 8.62. The molecule has 4 aromatic rings. The summed E-state index contributed by atoms with van der Waals surface area (Å²) in [4.78, 5) is 24.0. The monoisotopic (exact) mass is 598 g/mol. The normalized spacial score (nSPS) is 11.5. The third kappa shape index (κ3) is 7.30. The molecular formula is C35H38O7Si. The minimum atomic E-state index is -2.22. The maximum atomic E-state index is 12.5. The average molecular weight is 599 g/mol. The third-order valence-corrected chi connectivity index (χ3v) is 13.7. The summed E-state index contributed by atoms with van der Waals surface area (Å²) in [6.07, 6.45) is 4.83. The van der Waals surface area contributed by atoms with Gasteiger partial charge in [-0.15, -0.1) is 6.42 Å². The summed E-state index contributed by atoms with van der Waals surface area (Å²) >= 11 is 0. The Bertz CT molecular complexity index is 1660. The summed E-state index contributed by atoms with van der Waals surface area (Å²) in [5.41, 5.74) is 3.28. The fraction of sp³-hybridized carbons (Fsp3) is 0.314. The molecule has 43 heavy (non-hydrogen) atoms. The summed E-state index contributed by atoms with van der Waals surface area (Å²) in [7, 11) is -2.22. The predicted molar refractivity (Wildman–Crippen MR) is 170 cm³/mol. The van der Waals surface area contributed by atoms with Crippen molar-refractivity contribution in [3.8, 4) is 29.6 Å². The van der Waals surface area contributed by atoms with Gasteiger partial charge in [0.2, 0.25) is 0 Å². The van der Waals surface area contributed by atoms with Crippen molar-refractivity contribution >= 4 is 25.4 Å². The summed E-state index contributed by atoms with van der Waals surface area (Å²) in [5.74, 6) is 4.24. The van der Waals surface area contributed by atoms with Gasteiger partial charge in [-0.05, 0) is 59.1 Å². The van der Waals surface area contributed by atoms with E-state index < -0.39 is 20.1 Å². The van der Waals surface area contributed by atoms with Gasteiger partial charge in [0.05, 0.1) is 0 Å². The van der Waals surface area contributed by atoms with Gasteiger partial charge in [-0.1, -0.05) is 65.7 Å². The topological polar surface area (TPSA) is 84.2 Å². The zero-order valence-electron chi connectivity index (χ0n) is 25.5. The Labute approximate surface area is 253 Å². The highest BCUT2D eigenvalue weighted by molar-refractivity contribution is 6.78. The molecule has 0 atom stereocenters. The van der Waals surface area contributed by atoms with Gasteiger partial charge < -0.3 is 23.1 Å². The van der Waals surface area contributed by atoms with E-state index in [2.05, 4.69) is 47.5 Å². The largest absolute Gasteiger partial charge is 0.542 e. The number of para-hydroxylation sites is 1. The first-order chi connectivity index (χ1) is 20.5. The lowest BCUT2D eigenvalue weighted by atomic mass is 10.1. The Hall–Kier alpha value is -4.48. The molecule has 0 N–H and O–H groups in total. The fourth-order valence-electron chi connectivity index (χ4n) is 5.71.